The zero-order valence-electron chi connectivity index (χ0n) is 24.5. The molecule has 1 N–H and O–H groups in total. The maximum atomic E-state index is 13.5. The molecule has 0 unspecified atom stereocenters. The van der Waals surface area contributed by atoms with Crippen LogP contribution in [0.2, 0.25) is 0 Å². The molecule has 2 aromatic carbocycles. The van der Waals surface area contributed by atoms with Crippen molar-refractivity contribution >= 4 is 50.9 Å². The number of nitrogens with zero attached hydrogens (tertiary/aromatic N) is 3. The first-order valence-corrected chi connectivity index (χ1v) is 14.4. The van der Waals surface area contributed by atoms with Crippen LogP contribution in [0.3, 0.4) is 0 Å². The number of hydrogen-bond donors (Lipinski definition) is 1. The largest absolute Gasteiger partial charge is 0.528 e. The molecule has 2 aromatic heterocycles. The van der Waals surface area contributed by atoms with E-state index >= 15 is 0 Å². The predicted molar refractivity (Wildman–Crippen MR) is 159 cm³/mol. The molecule has 42 heavy (non-hydrogen) atoms. The maximum Gasteiger partial charge on any atom is 0.528 e. The summed E-state index contributed by atoms with van der Waals surface area (Å²) in [7, 11) is 0. The number of hydroxylamine groups is 2. The van der Waals surface area contributed by atoms with Gasteiger partial charge in [-0.25, -0.2) is 4.79 Å². The highest BCUT2D eigenvalue weighted by atomic mass is 16.8. The molecule has 3 aliphatic heterocycles. The molecule has 7 rings (SSSR count). The summed E-state index contributed by atoms with van der Waals surface area (Å²) < 4.78 is 9.65. The quantitative estimate of drug-likeness (QED) is 0.259. The molecule has 9 nitrogen and oxygen atoms in total. The third-order valence-corrected chi connectivity index (χ3v) is 8.59. The van der Waals surface area contributed by atoms with Gasteiger partial charge in [-0.1, -0.05) is 50.2 Å². The average molecular weight is 567 g/mol. The van der Waals surface area contributed by atoms with Gasteiger partial charge >= 0.3 is 6.16 Å². The number of amides is 2. The Morgan fingerprint density at radius 1 is 0.857 bits per heavy atom. The summed E-state index contributed by atoms with van der Waals surface area (Å²) in [6.45, 7) is 12.1. The first kappa shape index (κ1) is 26.5. The fourth-order valence-corrected chi connectivity index (χ4v) is 6.67. The van der Waals surface area contributed by atoms with E-state index < -0.39 is 17.7 Å². The molecule has 9 heteroatoms. The predicted octanol–water partition coefficient (Wildman–Crippen LogP) is 5.53. The zero-order chi connectivity index (χ0) is 29.6. The van der Waals surface area contributed by atoms with Crippen molar-refractivity contribution in [2.45, 2.75) is 71.7 Å². The molecule has 3 aliphatic rings. The van der Waals surface area contributed by atoms with Gasteiger partial charge in [0.1, 0.15) is 5.60 Å². The molecule has 0 aliphatic carbocycles. The Kier molecular flexibility index (Phi) is 5.72. The number of carbonyl (C=O) groups is 3. The monoisotopic (exact) mass is 566 g/mol. The Morgan fingerprint density at radius 3 is 2.14 bits per heavy atom. The summed E-state index contributed by atoms with van der Waals surface area (Å²) in [5.41, 5.74) is 5.96. The highest BCUT2D eigenvalue weighted by Crippen LogP contribution is 2.44. The average Bonchev–Trinajstić information content (AvgIpc) is 3.50. The summed E-state index contributed by atoms with van der Waals surface area (Å²) in [6.07, 6.45) is 4.24. The molecule has 5 heterocycles. The van der Waals surface area contributed by atoms with E-state index in [1.165, 1.54) is 5.56 Å². The van der Waals surface area contributed by atoms with Gasteiger partial charge in [-0.05, 0) is 43.7 Å². The second-order valence-electron chi connectivity index (χ2n) is 13.1. The number of carbonyl (C=O) groups excluding carboxylic acids is 3. The Morgan fingerprint density at radius 2 is 1.48 bits per heavy atom. The number of aromatic nitrogens is 2. The van der Waals surface area contributed by atoms with Gasteiger partial charge in [0.25, 0.3) is 11.8 Å². The number of rotatable bonds is 3. The van der Waals surface area contributed by atoms with Crippen molar-refractivity contribution in [1.82, 2.24) is 19.5 Å². The second-order valence-corrected chi connectivity index (χ2v) is 13.1. The lowest BCUT2D eigenvalue weighted by Gasteiger charge is -2.31. The van der Waals surface area contributed by atoms with E-state index in [1.807, 2.05) is 42.7 Å². The second kappa shape index (κ2) is 9.06. The minimum absolute atomic E-state index is 0.0226. The van der Waals surface area contributed by atoms with Crippen LogP contribution in [0.25, 0.3) is 33.0 Å². The van der Waals surface area contributed by atoms with Crippen LogP contribution in [0.4, 0.5) is 4.79 Å². The molecule has 0 radical (unpaired) electrons. The number of nitrogens with one attached hydrogen (secondary N) is 1. The van der Waals surface area contributed by atoms with Crippen molar-refractivity contribution < 1.29 is 24.0 Å². The highest BCUT2D eigenvalue weighted by Gasteiger charge is 2.38. The van der Waals surface area contributed by atoms with Gasteiger partial charge in [-0.15, -0.1) is 5.06 Å². The van der Waals surface area contributed by atoms with Gasteiger partial charge in [-0.2, -0.15) is 0 Å². The van der Waals surface area contributed by atoms with Crippen molar-refractivity contribution in [3.05, 3.63) is 71.0 Å². The lowest BCUT2D eigenvalue weighted by atomic mass is 9.78. The van der Waals surface area contributed by atoms with Crippen LogP contribution in [0.5, 0.6) is 0 Å². The summed E-state index contributed by atoms with van der Waals surface area (Å²) in [5.74, 6) is -0.766. The normalized spacial score (nSPS) is 18.5. The summed E-state index contributed by atoms with van der Waals surface area (Å²) in [5, 5.41) is 6.04. The standard InChI is InChI=1S/C33H34N4O5/c1-32(2,3)41-31(40)42-37-15-14-36-18-22(20-9-6-8-19(16-37)27(20)36)25-26(30(39)34-29(25)38)23-17-35-13-12-33(4,5)24-11-7-10-21(23)28(24)35/h6-11,17-18H,12-16H2,1-5H3,(H,34,38,39). The van der Waals surface area contributed by atoms with Crippen molar-refractivity contribution in [1.29, 1.82) is 0 Å². The molecule has 4 aromatic rings. The summed E-state index contributed by atoms with van der Waals surface area (Å²) in [4.78, 5) is 44.8. The van der Waals surface area contributed by atoms with E-state index in [4.69, 9.17) is 9.57 Å². The minimum atomic E-state index is -0.743. The number of ether oxygens (including phenoxy) is 1. The van der Waals surface area contributed by atoms with Crippen LogP contribution in [-0.2, 0) is 44.2 Å². The molecule has 0 atom stereocenters. The van der Waals surface area contributed by atoms with Crippen molar-refractivity contribution in [3.63, 3.8) is 0 Å². The third kappa shape index (κ3) is 4.14. The first-order chi connectivity index (χ1) is 19.9. The van der Waals surface area contributed by atoms with Gasteiger partial charge in [0.2, 0.25) is 0 Å². The zero-order valence-corrected chi connectivity index (χ0v) is 24.5. The third-order valence-electron chi connectivity index (χ3n) is 8.59. The lowest BCUT2D eigenvalue weighted by Crippen LogP contribution is -2.32. The van der Waals surface area contributed by atoms with Crippen LogP contribution in [0.15, 0.2) is 48.8 Å². The van der Waals surface area contributed by atoms with Crippen LogP contribution in [0, 0.1) is 0 Å². The Hall–Kier alpha value is -4.37. The van der Waals surface area contributed by atoms with Crippen molar-refractivity contribution in [3.8, 4) is 0 Å². The van der Waals surface area contributed by atoms with E-state index in [0.29, 0.717) is 30.8 Å². The van der Waals surface area contributed by atoms with Gasteiger partial charge < -0.3 is 18.7 Å². The van der Waals surface area contributed by atoms with Crippen LogP contribution < -0.4 is 5.32 Å². The van der Waals surface area contributed by atoms with E-state index in [9.17, 15) is 14.4 Å². The molecule has 0 bridgehead atoms. The van der Waals surface area contributed by atoms with Crippen LogP contribution in [0.1, 0.15) is 63.3 Å². The number of aryl methyl sites for hydroxylation is 1. The highest BCUT2D eigenvalue weighted by molar-refractivity contribution is 6.50. The molecule has 2 amide bonds. The number of para-hydroxylation sites is 2. The minimum Gasteiger partial charge on any atom is -0.427 e. The molecular formula is C33H34N4O5. The molecule has 216 valence electrons. The van der Waals surface area contributed by atoms with Crippen LogP contribution >= 0.6 is 0 Å². The number of hydrogen-bond acceptors (Lipinski definition) is 6. The topological polar surface area (TPSA) is 94.8 Å². The van der Waals surface area contributed by atoms with Crippen molar-refractivity contribution in [2.24, 2.45) is 0 Å². The van der Waals surface area contributed by atoms with E-state index in [2.05, 4.69) is 34.4 Å². The summed E-state index contributed by atoms with van der Waals surface area (Å²) >= 11 is 0. The Balaban J connectivity index is 1.35. The van der Waals surface area contributed by atoms with Gasteiger partial charge in [0.15, 0.2) is 0 Å². The molecule has 0 spiro atoms. The Labute approximate surface area is 243 Å². The number of imide groups is 1. The summed E-state index contributed by atoms with van der Waals surface area (Å²) in [6, 6.07) is 12.2. The lowest BCUT2D eigenvalue weighted by molar-refractivity contribution is -0.148. The first-order valence-electron chi connectivity index (χ1n) is 14.4. The fraction of sp³-hybridized carbons (Fsp3) is 0.364. The van der Waals surface area contributed by atoms with Crippen molar-refractivity contribution in [2.75, 3.05) is 6.54 Å². The number of benzene rings is 2. The molecule has 0 saturated carbocycles. The van der Waals surface area contributed by atoms with E-state index in [0.717, 1.165) is 51.5 Å². The molecule has 0 saturated heterocycles. The van der Waals surface area contributed by atoms with E-state index in [-0.39, 0.29) is 11.3 Å². The molecule has 0 fully saturated rings. The maximum absolute atomic E-state index is 13.5. The fourth-order valence-electron chi connectivity index (χ4n) is 6.67. The van der Waals surface area contributed by atoms with Gasteiger partial charge in [0, 0.05) is 47.4 Å². The van der Waals surface area contributed by atoms with Gasteiger partial charge in [-0.3, -0.25) is 14.9 Å². The van der Waals surface area contributed by atoms with E-state index in [1.54, 1.807) is 25.8 Å². The molecular weight excluding hydrogens is 532 g/mol. The van der Waals surface area contributed by atoms with Crippen LogP contribution in [-0.4, -0.2) is 44.3 Å². The SMILES string of the molecule is CC(C)(C)OC(=O)ON1CCn2cc(C3=C(c4cn5c6c(cccc46)C(C)(C)CC5)C(=O)NC3=O)c3cccc(c32)C1. The Bertz CT molecular complexity index is 1870. The smallest absolute Gasteiger partial charge is 0.427 e. The van der Waals surface area contributed by atoms with Gasteiger partial charge in [0.05, 0.1) is 35.3 Å².